The molecule has 3 aromatic rings. The number of hydrogen-bond donors (Lipinski definition) is 1. The number of aryl methyl sites for hydroxylation is 1. The standard InChI is InChI=1S/C30H36N4O6S/c1-22-16-23(26-8-4-5-9-27(26)31-22)19-40-24-10-12-25(13-11-24)41(37,38)32-30(17-29(36)39-2)20-34(21-30)28(35)18-33-14-6-3-7-15-33/h4-5,8-13,16,32H,3,6-7,14-15,17-21H2,1-2H3. The minimum Gasteiger partial charge on any atom is -0.489 e. The molecule has 2 fully saturated rings. The summed E-state index contributed by atoms with van der Waals surface area (Å²) in [7, 11) is -2.74. The van der Waals surface area contributed by atoms with E-state index in [4.69, 9.17) is 9.47 Å². The van der Waals surface area contributed by atoms with Gasteiger partial charge in [0, 0.05) is 29.7 Å². The molecular formula is C30H36N4O6S. The Morgan fingerprint density at radius 1 is 1.02 bits per heavy atom. The average Bonchev–Trinajstić information content (AvgIpc) is 2.94. The van der Waals surface area contributed by atoms with Gasteiger partial charge in [-0.1, -0.05) is 24.6 Å². The van der Waals surface area contributed by atoms with Gasteiger partial charge in [0.15, 0.2) is 0 Å². The van der Waals surface area contributed by atoms with E-state index in [-0.39, 0.29) is 30.3 Å². The minimum absolute atomic E-state index is 0.0392. The molecule has 41 heavy (non-hydrogen) atoms. The third kappa shape index (κ3) is 6.86. The number of aromatic nitrogens is 1. The average molecular weight is 581 g/mol. The van der Waals surface area contributed by atoms with Gasteiger partial charge in [0.05, 0.1) is 36.0 Å². The van der Waals surface area contributed by atoms with Gasteiger partial charge in [-0.15, -0.1) is 0 Å². The number of benzene rings is 2. The number of hydrogen-bond acceptors (Lipinski definition) is 8. The first-order chi connectivity index (χ1) is 19.7. The van der Waals surface area contributed by atoms with Crippen LogP contribution in [0.25, 0.3) is 10.9 Å². The Kier molecular flexibility index (Phi) is 8.58. The maximum Gasteiger partial charge on any atom is 0.307 e. The van der Waals surface area contributed by atoms with Crippen LogP contribution in [-0.4, -0.2) is 80.5 Å². The van der Waals surface area contributed by atoms with Crippen molar-refractivity contribution in [1.82, 2.24) is 19.5 Å². The number of amides is 1. The molecule has 0 spiro atoms. The van der Waals surface area contributed by atoms with Gasteiger partial charge in [-0.2, -0.15) is 0 Å². The number of carbonyl (C=O) groups excluding carboxylic acids is 2. The summed E-state index contributed by atoms with van der Waals surface area (Å²) >= 11 is 0. The Morgan fingerprint density at radius 3 is 2.44 bits per heavy atom. The predicted molar refractivity (Wildman–Crippen MR) is 154 cm³/mol. The fourth-order valence-electron chi connectivity index (χ4n) is 5.56. The van der Waals surface area contributed by atoms with E-state index in [1.165, 1.54) is 25.7 Å². The van der Waals surface area contributed by atoms with Crippen LogP contribution >= 0.6 is 0 Å². The second-order valence-electron chi connectivity index (χ2n) is 10.9. The van der Waals surface area contributed by atoms with Crippen LogP contribution in [0.3, 0.4) is 0 Å². The molecule has 0 aliphatic carbocycles. The van der Waals surface area contributed by atoms with E-state index in [1.54, 1.807) is 17.0 Å². The summed E-state index contributed by atoms with van der Waals surface area (Å²) < 4.78 is 40.2. The first-order valence-corrected chi connectivity index (χ1v) is 15.3. The van der Waals surface area contributed by atoms with Gasteiger partial charge in [0.2, 0.25) is 15.9 Å². The van der Waals surface area contributed by atoms with Gasteiger partial charge < -0.3 is 14.4 Å². The van der Waals surface area contributed by atoms with Crippen molar-refractivity contribution in [3.05, 3.63) is 65.9 Å². The summed E-state index contributed by atoms with van der Waals surface area (Å²) in [5, 5.41) is 1.00. The van der Waals surface area contributed by atoms with Crippen LogP contribution in [0, 0.1) is 6.92 Å². The molecular weight excluding hydrogens is 544 g/mol. The molecule has 2 aliphatic heterocycles. The quantitative estimate of drug-likeness (QED) is 0.364. The van der Waals surface area contributed by atoms with E-state index in [2.05, 4.69) is 14.6 Å². The van der Waals surface area contributed by atoms with E-state index in [1.807, 2.05) is 37.3 Å². The molecule has 5 rings (SSSR count). The lowest BCUT2D eigenvalue weighted by Crippen LogP contribution is -2.72. The minimum atomic E-state index is -4.00. The second kappa shape index (κ2) is 12.1. The summed E-state index contributed by atoms with van der Waals surface area (Å²) in [4.78, 5) is 33.3. The Bertz CT molecular complexity index is 1510. The van der Waals surface area contributed by atoms with Crippen LogP contribution in [0.1, 0.15) is 36.9 Å². The summed E-state index contributed by atoms with van der Waals surface area (Å²) in [5.41, 5.74) is 1.64. The zero-order chi connectivity index (χ0) is 29.0. The van der Waals surface area contributed by atoms with Crippen LogP contribution in [0.5, 0.6) is 5.75 Å². The number of esters is 1. The number of carbonyl (C=O) groups is 2. The Balaban J connectivity index is 1.24. The molecule has 1 N–H and O–H groups in total. The maximum absolute atomic E-state index is 13.4. The van der Waals surface area contributed by atoms with E-state index in [9.17, 15) is 18.0 Å². The Labute approximate surface area is 240 Å². The fourth-order valence-corrected chi connectivity index (χ4v) is 6.95. The van der Waals surface area contributed by atoms with Crippen molar-refractivity contribution in [3.63, 3.8) is 0 Å². The highest BCUT2D eigenvalue weighted by Gasteiger charge is 2.49. The molecule has 0 atom stereocenters. The molecule has 1 aromatic heterocycles. The second-order valence-corrected chi connectivity index (χ2v) is 12.6. The summed E-state index contributed by atoms with van der Waals surface area (Å²) in [6.45, 7) is 4.52. The number of para-hydroxylation sites is 1. The predicted octanol–water partition coefficient (Wildman–Crippen LogP) is 3.03. The van der Waals surface area contributed by atoms with Crippen molar-refractivity contribution >= 4 is 32.8 Å². The van der Waals surface area contributed by atoms with Crippen LogP contribution in [0.15, 0.2) is 59.5 Å². The van der Waals surface area contributed by atoms with Crippen molar-refractivity contribution in [3.8, 4) is 5.75 Å². The molecule has 218 valence electrons. The van der Waals surface area contributed by atoms with Crippen molar-refractivity contribution in [2.24, 2.45) is 0 Å². The number of sulfonamides is 1. The number of methoxy groups -OCH3 is 1. The van der Waals surface area contributed by atoms with Gasteiger partial charge in [0.25, 0.3) is 0 Å². The maximum atomic E-state index is 13.4. The number of ether oxygens (including phenoxy) is 2. The molecule has 0 bridgehead atoms. The Hall–Kier alpha value is -3.54. The summed E-state index contributed by atoms with van der Waals surface area (Å²) in [5.74, 6) is -0.0893. The monoisotopic (exact) mass is 580 g/mol. The lowest BCUT2D eigenvalue weighted by Gasteiger charge is -2.50. The number of likely N-dealkylation sites (tertiary alicyclic amines) is 2. The van der Waals surface area contributed by atoms with E-state index in [0.717, 1.165) is 48.1 Å². The van der Waals surface area contributed by atoms with Gasteiger partial charge in [-0.3, -0.25) is 19.5 Å². The SMILES string of the molecule is COC(=O)CC1(NS(=O)(=O)c2ccc(OCc3cc(C)nc4ccccc34)cc2)CN(C(=O)CN2CCCCC2)C1. The smallest absolute Gasteiger partial charge is 0.307 e. The largest absolute Gasteiger partial charge is 0.489 e. The van der Waals surface area contributed by atoms with Gasteiger partial charge in [-0.05, 0) is 69.3 Å². The van der Waals surface area contributed by atoms with Crippen LogP contribution in [0.2, 0.25) is 0 Å². The number of pyridine rings is 1. The van der Waals surface area contributed by atoms with E-state index in [0.29, 0.717) is 18.9 Å². The first kappa shape index (κ1) is 29.0. The number of rotatable bonds is 10. The molecule has 2 aromatic carbocycles. The zero-order valence-electron chi connectivity index (χ0n) is 23.5. The van der Waals surface area contributed by atoms with Crippen molar-refractivity contribution < 1.29 is 27.5 Å². The highest BCUT2D eigenvalue weighted by atomic mass is 32.2. The van der Waals surface area contributed by atoms with Crippen LogP contribution < -0.4 is 9.46 Å². The summed E-state index contributed by atoms with van der Waals surface area (Å²) in [6, 6.07) is 16.0. The normalized spacial score (nSPS) is 17.2. The van der Waals surface area contributed by atoms with Crippen molar-refractivity contribution in [1.29, 1.82) is 0 Å². The molecule has 3 heterocycles. The van der Waals surface area contributed by atoms with Crippen LogP contribution in [-0.2, 0) is 31.0 Å². The molecule has 2 aliphatic rings. The topological polar surface area (TPSA) is 118 Å². The molecule has 10 nitrogen and oxygen atoms in total. The number of piperidine rings is 1. The van der Waals surface area contributed by atoms with Crippen molar-refractivity contribution in [2.45, 2.75) is 49.6 Å². The third-order valence-electron chi connectivity index (χ3n) is 7.67. The first-order valence-electron chi connectivity index (χ1n) is 13.9. The molecule has 11 heteroatoms. The number of nitrogens with one attached hydrogen (secondary N) is 1. The Morgan fingerprint density at radius 2 is 1.73 bits per heavy atom. The highest BCUT2D eigenvalue weighted by Crippen LogP contribution is 2.29. The molecule has 0 radical (unpaired) electrons. The third-order valence-corrected chi connectivity index (χ3v) is 9.26. The number of fused-ring (bicyclic) bond motifs is 1. The van der Waals surface area contributed by atoms with E-state index < -0.39 is 21.5 Å². The van der Waals surface area contributed by atoms with E-state index >= 15 is 0 Å². The fraction of sp³-hybridized carbons (Fsp3) is 0.433. The molecule has 2 saturated heterocycles. The van der Waals surface area contributed by atoms with Crippen LogP contribution in [0.4, 0.5) is 0 Å². The van der Waals surface area contributed by atoms with Gasteiger partial charge in [-0.25, -0.2) is 13.1 Å². The highest BCUT2D eigenvalue weighted by molar-refractivity contribution is 7.89. The zero-order valence-corrected chi connectivity index (χ0v) is 24.3. The number of nitrogens with zero attached hydrogens (tertiary/aromatic N) is 3. The summed E-state index contributed by atoms with van der Waals surface area (Å²) in [6.07, 6.45) is 3.15. The van der Waals surface area contributed by atoms with Crippen molar-refractivity contribution in [2.75, 3.05) is 39.8 Å². The lowest BCUT2D eigenvalue weighted by molar-refractivity contribution is -0.149. The lowest BCUT2D eigenvalue weighted by atomic mass is 9.87. The molecule has 0 unspecified atom stereocenters. The van der Waals surface area contributed by atoms with Gasteiger partial charge in [0.1, 0.15) is 12.4 Å². The molecule has 1 amide bonds. The molecule has 0 saturated carbocycles. The van der Waals surface area contributed by atoms with Gasteiger partial charge >= 0.3 is 5.97 Å².